The maximum Gasteiger partial charge on any atom is 0.336 e. The van der Waals surface area contributed by atoms with Crippen molar-refractivity contribution in [1.82, 2.24) is 10.2 Å². The topological polar surface area (TPSA) is 106 Å². The van der Waals surface area contributed by atoms with Gasteiger partial charge in [-0.1, -0.05) is 25.0 Å². The van der Waals surface area contributed by atoms with Crippen LogP contribution in [0.5, 0.6) is 0 Å². The standard InChI is InChI=1S/C20H20N2O6/c1-12-4-5-14-13(9-16(23)28-15(14)8-12)11-27-17(24)10-22-18(25)20(21-19(22)26)6-2-3-7-20/h4-5,8-9H,2-3,6-7,10-11H2,1H3,(H,21,26). The first-order valence-corrected chi connectivity index (χ1v) is 9.21. The number of hydrogen-bond acceptors (Lipinski definition) is 6. The summed E-state index contributed by atoms with van der Waals surface area (Å²) in [4.78, 5) is 49.6. The monoisotopic (exact) mass is 384 g/mol. The van der Waals surface area contributed by atoms with E-state index in [-0.39, 0.29) is 12.5 Å². The number of fused-ring (bicyclic) bond motifs is 1. The molecular formula is C20H20N2O6. The van der Waals surface area contributed by atoms with E-state index in [1.807, 2.05) is 13.0 Å². The first-order chi connectivity index (χ1) is 13.4. The lowest BCUT2D eigenvalue weighted by atomic mass is 9.98. The van der Waals surface area contributed by atoms with Crippen molar-refractivity contribution in [3.8, 4) is 0 Å². The molecule has 1 saturated heterocycles. The van der Waals surface area contributed by atoms with Crippen molar-refractivity contribution in [3.05, 3.63) is 45.8 Å². The summed E-state index contributed by atoms with van der Waals surface area (Å²) in [5.41, 5.74) is 0.453. The Morgan fingerprint density at radius 2 is 1.96 bits per heavy atom. The van der Waals surface area contributed by atoms with Gasteiger partial charge in [0.15, 0.2) is 0 Å². The molecule has 1 aliphatic heterocycles. The summed E-state index contributed by atoms with van der Waals surface area (Å²) < 4.78 is 10.4. The lowest BCUT2D eigenvalue weighted by Crippen LogP contribution is -2.44. The number of esters is 1. The number of rotatable bonds is 4. The van der Waals surface area contributed by atoms with Gasteiger partial charge in [0.1, 0.15) is 24.3 Å². The van der Waals surface area contributed by atoms with E-state index in [4.69, 9.17) is 9.15 Å². The van der Waals surface area contributed by atoms with Crippen molar-refractivity contribution in [2.24, 2.45) is 0 Å². The summed E-state index contributed by atoms with van der Waals surface area (Å²) in [5.74, 6) is -1.08. The molecule has 4 rings (SSSR count). The Balaban J connectivity index is 1.45. The maximum absolute atomic E-state index is 12.6. The Hall–Kier alpha value is -3.16. The molecule has 1 aromatic heterocycles. The van der Waals surface area contributed by atoms with Gasteiger partial charge in [0.25, 0.3) is 5.91 Å². The molecule has 1 N–H and O–H groups in total. The fraction of sp³-hybridized carbons (Fsp3) is 0.400. The minimum atomic E-state index is -0.857. The molecule has 1 saturated carbocycles. The average Bonchev–Trinajstić information content (AvgIpc) is 3.20. The largest absolute Gasteiger partial charge is 0.459 e. The molecule has 2 aromatic rings. The van der Waals surface area contributed by atoms with Crippen LogP contribution < -0.4 is 10.9 Å². The van der Waals surface area contributed by atoms with E-state index in [0.717, 1.165) is 23.3 Å². The van der Waals surface area contributed by atoms with Crippen LogP contribution in [-0.4, -0.2) is 34.9 Å². The van der Waals surface area contributed by atoms with E-state index in [2.05, 4.69) is 5.32 Å². The van der Waals surface area contributed by atoms with Gasteiger partial charge in [-0.25, -0.2) is 9.59 Å². The normalized spacial score (nSPS) is 18.1. The highest BCUT2D eigenvalue weighted by molar-refractivity contribution is 6.08. The zero-order valence-corrected chi connectivity index (χ0v) is 15.4. The zero-order chi connectivity index (χ0) is 19.9. The molecule has 1 aromatic carbocycles. The predicted molar refractivity (Wildman–Crippen MR) is 98.5 cm³/mol. The predicted octanol–water partition coefficient (Wildman–Crippen LogP) is 2.01. The SMILES string of the molecule is Cc1ccc2c(COC(=O)CN3C(=O)NC4(CCCC4)C3=O)cc(=O)oc2c1. The summed E-state index contributed by atoms with van der Waals surface area (Å²) in [6.45, 7) is 1.27. The average molecular weight is 384 g/mol. The molecule has 2 fully saturated rings. The van der Waals surface area contributed by atoms with Crippen LogP contribution in [0.1, 0.15) is 36.8 Å². The minimum absolute atomic E-state index is 0.154. The number of urea groups is 1. The summed E-state index contributed by atoms with van der Waals surface area (Å²) in [6.07, 6.45) is 2.92. The van der Waals surface area contributed by atoms with Crippen molar-refractivity contribution in [2.75, 3.05) is 6.54 Å². The number of aryl methyl sites for hydroxylation is 1. The van der Waals surface area contributed by atoms with E-state index < -0.39 is 29.7 Å². The second-order valence-corrected chi connectivity index (χ2v) is 7.36. The van der Waals surface area contributed by atoms with E-state index in [1.54, 1.807) is 12.1 Å². The summed E-state index contributed by atoms with van der Waals surface area (Å²) >= 11 is 0. The highest BCUT2D eigenvalue weighted by Crippen LogP contribution is 2.34. The Kier molecular flexibility index (Phi) is 4.41. The maximum atomic E-state index is 12.6. The lowest BCUT2D eigenvalue weighted by Gasteiger charge is -2.19. The van der Waals surface area contributed by atoms with Gasteiger partial charge in [-0.3, -0.25) is 14.5 Å². The Labute approximate surface area is 160 Å². The number of nitrogens with one attached hydrogen (secondary N) is 1. The van der Waals surface area contributed by atoms with Crippen molar-refractivity contribution >= 4 is 28.9 Å². The highest BCUT2D eigenvalue weighted by atomic mass is 16.5. The molecule has 0 atom stereocenters. The minimum Gasteiger partial charge on any atom is -0.459 e. The quantitative estimate of drug-likeness (QED) is 0.491. The zero-order valence-electron chi connectivity index (χ0n) is 15.4. The molecule has 1 spiro atoms. The first kappa shape index (κ1) is 18.2. The molecule has 3 amide bonds. The van der Waals surface area contributed by atoms with Crippen LogP contribution in [0, 0.1) is 6.92 Å². The first-order valence-electron chi connectivity index (χ1n) is 9.21. The Morgan fingerprint density at radius 1 is 1.21 bits per heavy atom. The van der Waals surface area contributed by atoms with Crippen molar-refractivity contribution in [2.45, 2.75) is 44.8 Å². The van der Waals surface area contributed by atoms with Crippen LogP contribution in [0.15, 0.2) is 33.5 Å². The number of carbonyl (C=O) groups is 3. The molecule has 146 valence electrons. The van der Waals surface area contributed by atoms with E-state index >= 15 is 0 Å². The van der Waals surface area contributed by atoms with E-state index in [9.17, 15) is 19.2 Å². The van der Waals surface area contributed by atoms with Gasteiger partial charge in [-0.2, -0.15) is 0 Å². The van der Waals surface area contributed by atoms with Crippen LogP contribution in [-0.2, 0) is 20.9 Å². The second kappa shape index (κ2) is 6.78. The fourth-order valence-corrected chi connectivity index (χ4v) is 3.93. The van der Waals surface area contributed by atoms with Crippen LogP contribution in [0.25, 0.3) is 11.0 Å². The lowest BCUT2D eigenvalue weighted by molar-refractivity contribution is -0.148. The van der Waals surface area contributed by atoms with Gasteiger partial charge < -0.3 is 14.5 Å². The number of hydrogen-bond donors (Lipinski definition) is 1. The summed E-state index contributed by atoms with van der Waals surface area (Å²) in [7, 11) is 0. The van der Waals surface area contributed by atoms with Gasteiger partial charge in [0, 0.05) is 17.0 Å². The molecule has 28 heavy (non-hydrogen) atoms. The molecule has 0 radical (unpaired) electrons. The number of carbonyl (C=O) groups excluding carboxylic acids is 3. The van der Waals surface area contributed by atoms with Crippen molar-refractivity contribution < 1.29 is 23.5 Å². The van der Waals surface area contributed by atoms with E-state index in [0.29, 0.717) is 29.4 Å². The van der Waals surface area contributed by atoms with Gasteiger partial charge >= 0.3 is 17.6 Å². The van der Waals surface area contributed by atoms with E-state index in [1.165, 1.54) is 6.07 Å². The molecular weight excluding hydrogens is 364 g/mol. The molecule has 0 unspecified atom stereocenters. The number of amides is 3. The molecule has 8 nitrogen and oxygen atoms in total. The summed E-state index contributed by atoms with van der Waals surface area (Å²) in [5, 5.41) is 3.39. The van der Waals surface area contributed by atoms with Gasteiger partial charge in [-0.15, -0.1) is 0 Å². The molecule has 1 aliphatic carbocycles. The second-order valence-electron chi connectivity index (χ2n) is 7.36. The number of benzene rings is 1. The Bertz CT molecular complexity index is 1030. The summed E-state index contributed by atoms with van der Waals surface area (Å²) in [6, 6.07) is 6.09. The van der Waals surface area contributed by atoms with Crippen LogP contribution in [0.2, 0.25) is 0 Å². The van der Waals surface area contributed by atoms with Crippen LogP contribution in [0.3, 0.4) is 0 Å². The molecule has 2 heterocycles. The fourth-order valence-electron chi connectivity index (χ4n) is 3.93. The van der Waals surface area contributed by atoms with Crippen LogP contribution in [0.4, 0.5) is 4.79 Å². The number of imide groups is 1. The van der Waals surface area contributed by atoms with Gasteiger partial charge in [0.2, 0.25) is 0 Å². The number of ether oxygens (including phenoxy) is 1. The van der Waals surface area contributed by atoms with Gasteiger partial charge in [0.05, 0.1) is 0 Å². The molecule has 2 aliphatic rings. The van der Waals surface area contributed by atoms with Crippen molar-refractivity contribution in [3.63, 3.8) is 0 Å². The van der Waals surface area contributed by atoms with Crippen molar-refractivity contribution in [1.29, 1.82) is 0 Å². The molecule has 8 heteroatoms. The smallest absolute Gasteiger partial charge is 0.336 e. The third kappa shape index (κ3) is 3.15. The third-order valence-corrected chi connectivity index (χ3v) is 5.36. The highest BCUT2D eigenvalue weighted by Gasteiger charge is 2.52. The number of nitrogens with zero attached hydrogens (tertiary/aromatic N) is 1. The third-order valence-electron chi connectivity index (χ3n) is 5.36. The Morgan fingerprint density at radius 3 is 2.71 bits per heavy atom. The molecule has 0 bridgehead atoms. The van der Waals surface area contributed by atoms with Crippen LogP contribution >= 0.6 is 0 Å². The van der Waals surface area contributed by atoms with Gasteiger partial charge in [-0.05, 0) is 31.4 Å².